The molecular formula is C33H27F3N4O3. The Hall–Kier alpha value is -5.12. The number of carboxylic acid groups (broad SMARTS) is 1. The molecule has 0 atom stereocenters. The van der Waals surface area contributed by atoms with E-state index >= 15 is 0 Å². The number of rotatable bonds is 10. The molecule has 218 valence electrons. The number of nitrogens with zero attached hydrogens (tertiary/aromatic N) is 4. The SMILES string of the molecule is O=C(O)c1c(-c2ccc(N(Cc3ccccc3)Cc3ccccc3)nc2)nc(-c2ccc(OC(F)(F)F)cc2)n1C1CC1. The third-order valence-electron chi connectivity index (χ3n) is 7.15. The summed E-state index contributed by atoms with van der Waals surface area (Å²) in [4.78, 5) is 24.1. The number of halogens is 3. The standard InChI is InChI=1S/C33H27F3N4O3/c34-33(35,36)43-27-16-11-24(12-17-27)31-38-29(30(32(41)42)40(31)26-14-15-26)25-13-18-28(37-19-25)39(20-22-7-3-1-4-8-22)21-23-9-5-2-6-10-23/h1-13,16-19,26H,14-15,20-21H2,(H,41,42). The molecule has 0 radical (unpaired) electrons. The first-order valence-corrected chi connectivity index (χ1v) is 13.8. The number of pyridine rings is 1. The van der Waals surface area contributed by atoms with Crippen molar-refractivity contribution in [1.82, 2.24) is 14.5 Å². The van der Waals surface area contributed by atoms with Gasteiger partial charge in [-0.25, -0.2) is 14.8 Å². The minimum atomic E-state index is -4.81. The van der Waals surface area contributed by atoms with Crippen LogP contribution in [0.25, 0.3) is 22.6 Å². The summed E-state index contributed by atoms with van der Waals surface area (Å²) in [7, 11) is 0. The van der Waals surface area contributed by atoms with Gasteiger partial charge in [0.25, 0.3) is 0 Å². The third-order valence-corrected chi connectivity index (χ3v) is 7.15. The minimum Gasteiger partial charge on any atom is -0.477 e. The molecule has 2 heterocycles. The molecule has 0 unspecified atom stereocenters. The molecule has 0 saturated heterocycles. The number of hydrogen-bond donors (Lipinski definition) is 1. The van der Waals surface area contributed by atoms with Gasteiger partial charge in [-0.3, -0.25) is 0 Å². The molecule has 1 aliphatic carbocycles. The van der Waals surface area contributed by atoms with E-state index in [0.29, 0.717) is 30.0 Å². The highest BCUT2D eigenvalue weighted by atomic mass is 19.4. The van der Waals surface area contributed by atoms with Gasteiger partial charge in [0.15, 0.2) is 5.69 Å². The number of imidazole rings is 1. The molecule has 0 aliphatic heterocycles. The summed E-state index contributed by atoms with van der Waals surface area (Å²) in [5, 5.41) is 10.3. The summed E-state index contributed by atoms with van der Waals surface area (Å²) in [6, 6.07) is 29.0. The molecule has 1 fully saturated rings. The minimum absolute atomic E-state index is 0.0214. The number of anilines is 1. The monoisotopic (exact) mass is 584 g/mol. The van der Waals surface area contributed by atoms with E-state index in [-0.39, 0.29) is 23.2 Å². The Morgan fingerprint density at radius 2 is 1.44 bits per heavy atom. The van der Waals surface area contributed by atoms with Gasteiger partial charge in [-0.05, 0) is 60.4 Å². The molecule has 3 aromatic carbocycles. The number of aromatic nitrogens is 3. The van der Waals surface area contributed by atoms with Crippen LogP contribution in [-0.2, 0) is 13.1 Å². The molecule has 0 amide bonds. The van der Waals surface area contributed by atoms with Crippen LogP contribution in [0.2, 0.25) is 0 Å². The molecule has 2 aromatic heterocycles. The van der Waals surface area contributed by atoms with Crippen molar-refractivity contribution in [3.8, 4) is 28.4 Å². The van der Waals surface area contributed by atoms with Crippen molar-refractivity contribution in [3.63, 3.8) is 0 Å². The van der Waals surface area contributed by atoms with Gasteiger partial charge in [0.1, 0.15) is 23.1 Å². The Balaban J connectivity index is 1.35. The van der Waals surface area contributed by atoms with Crippen LogP contribution in [0.1, 0.15) is 40.5 Å². The van der Waals surface area contributed by atoms with Crippen LogP contribution in [0.3, 0.4) is 0 Å². The first kappa shape index (κ1) is 28.0. The second-order valence-corrected chi connectivity index (χ2v) is 10.3. The lowest BCUT2D eigenvalue weighted by molar-refractivity contribution is -0.274. The normalized spacial score (nSPS) is 13.1. The first-order valence-electron chi connectivity index (χ1n) is 13.8. The second kappa shape index (κ2) is 11.6. The smallest absolute Gasteiger partial charge is 0.477 e. The molecule has 10 heteroatoms. The molecule has 1 N–H and O–H groups in total. The average Bonchev–Trinajstić information content (AvgIpc) is 3.76. The fourth-order valence-corrected chi connectivity index (χ4v) is 5.07. The Morgan fingerprint density at radius 3 is 1.93 bits per heavy atom. The number of carboxylic acids is 1. The summed E-state index contributed by atoms with van der Waals surface area (Å²) >= 11 is 0. The fourth-order valence-electron chi connectivity index (χ4n) is 5.07. The summed E-state index contributed by atoms with van der Waals surface area (Å²) in [5.74, 6) is -0.422. The van der Waals surface area contributed by atoms with Gasteiger partial charge < -0.3 is 19.3 Å². The van der Waals surface area contributed by atoms with E-state index in [1.54, 1.807) is 16.8 Å². The molecular weight excluding hydrogens is 557 g/mol. The lowest BCUT2D eigenvalue weighted by atomic mass is 10.1. The molecule has 1 aliphatic rings. The van der Waals surface area contributed by atoms with E-state index < -0.39 is 12.3 Å². The Bertz CT molecular complexity index is 1660. The van der Waals surface area contributed by atoms with Crippen LogP contribution in [0.15, 0.2) is 103 Å². The molecule has 43 heavy (non-hydrogen) atoms. The van der Waals surface area contributed by atoms with Gasteiger partial charge in [0, 0.05) is 36.5 Å². The van der Waals surface area contributed by atoms with Crippen LogP contribution in [-0.4, -0.2) is 32.0 Å². The summed E-state index contributed by atoms with van der Waals surface area (Å²) in [5.41, 5.74) is 3.53. The van der Waals surface area contributed by atoms with Crippen molar-refractivity contribution in [2.45, 2.75) is 38.3 Å². The zero-order valence-electron chi connectivity index (χ0n) is 22.9. The highest BCUT2D eigenvalue weighted by Crippen LogP contribution is 2.42. The van der Waals surface area contributed by atoms with Crippen LogP contribution in [0.4, 0.5) is 19.0 Å². The van der Waals surface area contributed by atoms with E-state index in [4.69, 9.17) is 9.97 Å². The van der Waals surface area contributed by atoms with Crippen molar-refractivity contribution < 1.29 is 27.8 Å². The number of benzene rings is 3. The maximum Gasteiger partial charge on any atom is 0.573 e. The van der Waals surface area contributed by atoms with E-state index in [1.807, 2.05) is 42.5 Å². The maximum atomic E-state index is 12.7. The van der Waals surface area contributed by atoms with Crippen molar-refractivity contribution in [1.29, 1.82) is 0 Å². The highest BCUT2D eigenvalue weighted by Gasteiger charge is 2.35. The summed E-state index contributed by atoms with van der Waals surface area (Å²) in [6.45, 7) is 1.24. The van der Waals surface area contributed by atoms with Crippen LogP contribution in [0.5, 0.6) is 5.75 Å². The Morgan fingerprint density at radius 1 is 0.860 bits per heavy atom. The lowest BCUT2D eigenvalue weighted by Gasteiger charge is -2.24. The molecule has 5 aromatic rings. The molecule has 6 rings (SSSR count). The predicted molar refractivity (Wildman–Crippen MR) is 156 cm³/mol. The summed E-state index contributed by atoms with van der Waals surface area (Å²) in [6.07, 6.45) is -1.63. The Labute approximate surface area is 245 Å². The number of alkyl halides is 3. The number of hydrogen-bond acceptors (Lipinski definition) is 5. The topological polar surface area (TPSA) is 80.5 Å². The zero-order valence-corrected chi connectivity index (χ0v) is 22.9. The van der Waals surface area contributed by atoms with Gasteiger partial charge in [0.05, 0.1) is 0 Å². The fraction of sp³-hybridized carbons (Fsp3) is 0.182. The van der Waals surface area contributed by atoms with Gasteiger partial charge in [-0.2, -0.15) is 0 Å². The van der Waals surface area contributed by atoms with Crippen molar-refractivity contribution in [2.24, 2.45) is 0 Å². The highest BCUT2D eigenvalue weighted by molar-refractivity contribution is 5.94. The van der Waals surface area contributed by atoms with Gasteiger partial charge >= 0.3 is 12.3 Å². The largest absolute Gasteiger partial charge is 0.573 e. The van der Waals surface area contributed by atoms with Gasteiger partial charge in [-0.1, -0.05) is 60.7 Å². The van der Waals surface area contributed by atoms with Gasteiger partial charge in [0.2, 0.25) is 0 Å². The second-order valence-electron chi connectivity index (χ2n) is 10.3. The summed E-state index contributed by atoms with van der Waals surface area (Å²) < 4.78 is 43.6. The van der Waals surface area contributed by atoms with E-state index in [1.165, 1.54) is 24.3 Å². The lowest BCUT2D eigenvalue weighted by Crippen LogP contribution is -2.23. The van der Waals surface area contributed by atoms with E-state index in [9.17, 15) is 23.1 Å². The molecule has 0 bridgehead atoms. The van der Waals surface area contributed by atoms with Crippen LogP contribution in [0, 0.1) is 0 Å². The average molecular weight is 585 g/mol. The first-order chi connectivity index (χ1) is 20.7. The molecule has 1 saturated carbocycles. The predicted octanol–water partition coefficient (Wildman–Crippen LogP) is 7.75. The quantitative estimate of drug-likeness (QED) is 0.181. The maximum absolute atomic E-state index is 12.7. The van der Waals surface area contributed by atoms with Crippen molar-refractivity contribution in [3.05, 3.63) is 120 Å². The van der Waals surface area contributed by atoms with Crippen molar-refractivity contribution in [2.75, 3.05) is 4.90 Å². The van der Waals surface area contributed by atoms with Gasteiger partial charge in [-0.15, -0.1) is 13.2 Å². The molecule has 7 nitrogen and oxygen atoms in total. The Kier molecular flexibility index (Phi) is 7.58. The van der Waals surface area contributed by atoms with E-state index in [2.05, 4.69) is 33.9 Å². The molecule has 0 spiro atoms. The third kappa shape index (κ3) is 6.53. The van der Waals surface area contributed by atoms with Crippen LogP contribution < -0.4 is 9.64 Å². The van der Waals surface area contributed by atoms with Crippen LogP contribution >= 0.6 is 0 Å². The van der Waals surface area contributed by atoms with E-state index in [0.717, 1.165) is 29.8 Å². The number of aromatic carboxylic acids is 1. The van der Waals surface area contributed by atoms with Crippen molar-refractivity contribution >= 4 is 11.8 Å². The zero-order chi connectivity index (χ0) is 30.0. The number of ether oxygens (including phenoxy) is 1. The number of carbonyl (C=O) groups is 1.